The zero-order chi connectivity index (χ0) is 26.1. The molecule has 0 radical (unpaired) electrons. The van der Waals surface area contributed by atoms with Gasteiger partial charge in [-0.05, 0) is 56.0 Å². The van der Waals surface area contributed by atoms with Crippen molar-refractivity contribution < 1.29 is 9.18 Å². The molecule has 4 aromatic rings. The minimum atomic E-state index is -0.289. The number of aromatic nitrogens is 4. The van der Waals surface area contributed by atoms with E-state index in [0.29, 0.717) is 30.3 Å². The highest BCUT2D eigenvalue weighted by molar-refractivity contribution is 5.91. The normalized spacial score (nSPS) is 16.8. The number of nitrogens with zero attached hydrogens (tertiary/aromatic N) is 6. The molecule has 1 amide bonds. The summed E-state index contributed by atoms with van der Waals surface area (Å²) in [5, 5.41) is 5.72. The lowest BCUT2D eigenvalue weighted by Crippen LogP contribution is -2.38. The molecule has 1 saturated carbocycles. The number of hydrogen-bond acceptors (Lipinski definition) is 5. The van der Waals surface area contributed by atoms with Crippen molar-refractivity contribution in [2.75, 3.05) is 31.1 Å². The molecule has 3 heterocycles. The van der Waals surface area contributed by atoms with Crippen LogP contribution in [0.15, 0.2) is 54.6 Å². The molecular weight excluding hydrogens is 479 g/mol. The molecule has 6 rings (SSSR count). The number of halogens is 1. The van der Waals surface area contributed by atoms with Crippen LogP contribution in [0, 0.1) is 18.7 Å². The van der Waals surface area contributed by atoms with Crippen molar-refractivity contribution >= 4 is 22.8 Å². The van der Waals surface area contributed by atoms with Crippen LogP contribution in [-0.4, -0.2) is 56.7 Å². The molecule has 0 unspecified atom stereocenters. The van der Waals surface area contributed by atoms with Gasteiger partial charge in [-0.1, -0.05) is 43.2 Å². The van der Waals surface area contributed by atoms with E-state index in [4.69, 9.17) is 15.1 Å². The van der Waals surface area contributed by atoms with Gasteiger partial charge in [0, 0.05) is 38.5 Å². The molecule has 2 aromatic heterocycles. The lowest BCUT2D eigenvalue weighted by molar-refractivity contribution is -0.135. The molecule has 1 aliphatic carbocycles. The Bertz CT molecular complexity index is 1430. The number of fused-ring (bicyclic) bond motifs is 1. The molecule has 196 valence electrons. The lowest BCUT2D eigenvalue weighted by atomic mass is 10.1. The Morgan fingerprint density at radius 1 is 0.921 bits per heavy atom. The van der Waals surface area contributed by atoms with Crippen LogP contribution in [0.4, 0.5) is 10.2 Å². The maximum Gasteiger partial charge on any atom is 0.225 e. The second kappa shape index (κ2) is 10.5. The number of carbonyl (C=O) groups excluding carboxylic acids is 1. The van der Waals surface area contributed by atoms with Crippen LogP contribution in [0.25, 0.3) is 16.7 Å². The number of hydrogen-bond donors (Lipinski definition) is 0. The minimum Gasteiger partial charge on any atom is -0.354 e. The van der Waals surface area contributed by atoms with Crippen LogP contribution >= 0.6 is 0 Å². The van der Waals surface area contributed by atoms with Gasteiger partial charge in [0.2, 0.25) is 5.91 Å². The zero-order valence-corrected chi connectivity index (χ0v) is 21.8. The van der Waals surface area contributed by atoms with Crippen LogP contribution in [0.2, 0.25) is 0 Å². The van der Waals surface area contributed by atoms with E-state index in [0.717, 1.165) is 79.9 Å². The first-order chi connectivity index (χ1) is 18.6. The van der Waals surface area contributed by atoms with Crippen molar-refractivity contribution in [1.29, 1.82) is 0 Å². The molecule has 7 nitrogen and oxygen atoms in total. The van der Waals surface area contributed by atoms with E-state index in [2.05, 4.69) is 21.9 Å². The standard InChI is InChI=1S/C30H33FN6O/c1-21-27-28(35-16-7-17-36(19-18-35)30(38)23-10-5-6-11-23)32-26(20-22-8-3-2-4-9-22)33-29(27)37(34-21)25-14-12-24(31)13-15-25/h2-4,8-9,12-15,23H,5-7,10-11,16-20H2,1H3. The van der Waals surface area contributed by atoms with Crippen LogP contribution in [0.1, 0.15) is 49.2 Å². The van der Waals surface area contributed by atoms with E-state index in [-0.39, 0.29) is 11.7 Å². The van der Waals surface area contributed by atoms with Gasteiger partial charge in [-0.2, -0.15) is 5.10 Å². The molecule has 2 aromatic carbocycles. The van der Waals surface area contributed by atoms with Crippen LogP contribution in [0.3, 0.4) is 0 Å². The van der Waals surface area contributed by atoms with Crippen molar-refractivity contribution in [2.45, 2.75) is 45.4 Å². The highest BCUT2D eigenvalue weighted by atomic mass is 19.1. The average molecular weight is 513 g/mol. The topological polar surface area (TPSA) is 67.2 Å². The van der Waals surface area contributed by atoms with E-state index in [1.54, 1.807) is 16.8 Å². The van der Waals surface area contributed by atoms with E-state index in [1.165, 1.54) is 12.1 Å². The van der Waals surface area contributed by atoms with Gasteiger partial charge in [0.15, 0.2) is 5.65 Å². The van der Waals surface area contributed by atoms with Gasteiger partial charge in [0.25, 0.3) is 0 Å². The third-order valence-corrected chi connectivity index (χ3v) is 7.82. The fraction of sp³-hybridized carbons (Fsp3) is 0.400. The highest BCUT2D eigenvalue weighted by Crippen LogP contribution is 2.31. The van der Waals surface area contributed by atoms with E-state index >= 15 is 0 Å². The van der Waals surface area contributed by atoms with Crippen molar-refractivity contribution in [2.24, 2.45) is 5.92 Å². The molecule has 1 saturated heterocycles. The van der Waals surface area contributed by atoms with Gasteiger partial charge in [0.05, 0.1) is 16.8 Å². The van der Waals surface area contributed by atoms with E-state index in [1.807, 2.05) is 25.1 Å². The summed E-state index contributed by atoms with van der Waals surface area (Å²) in [6, 6.07) is 16.5. The third-order valence-electron chi connectivity index (χ3n) is 7.82. The Hall–Kier alpha value is -3.81. The summed E-state index contributed by atoms with van der Waals surface area (Å²) in [6.45, 7) is 4.98. The lowest BCUT2D eigenvalue weighted by Gasteiger charge is -2.25. The van der Waals surface area contributed by atoms with Gasteiger partial charge >= 0.3 is 0 Å². The van der Waals surface area contributed by atoms with Gasteiger partial charge in [-0.3, -0.25) is 4.79 Å². The quantitative estimate of drug-likeness (QED) is 0.373. The minimum absolute atomic E-state index is 0.195. The second-order valence-electron chi connectivity index (χ2n) is 10.4. The number of anilines is 1. The summed E-state index contributed by atoms with van der Waals surface area (Å²) in [5.74, 6) is 1.80. The van der Waals surface area contributed by atoms with E-state index < -0.39 is 0 Å². The van der Waals surface area contributed by atoms with Crippen molar-refractivity contribution in [3.63, 3.8) is 0 Å². The largest absolute Gasteiger partial charge is 0.354 e. The Balaban J connectivity index is 1.38. The van der Waals surface area contributed by atoms with Crippen LogP contribution < -0.4 is 4.90 Å². The molecule has 2 aliphatic rings. The zero-order valence-electron chi connectivity index (χ0n) is 21.8. The fourth-order valence-electron chi connectivity index (χ4n) is 5.83. The van der Waals surface area contributed by atoms with Gasteiger partial charge in [0.1, 0.15) is 17.5 Å². The number of rotatable bonds is 5. The molecular formula is C30H33FN6O. The summed E-state index contributed by atoms with van der Waals surface area (Å²) in [7, 11) is 0. The summed E-state index contributed by atoms with van der Waals surface area (Å²) >= 11 is 0. The Kier molecular flexibility index (Phi) is 6.79. The third kappa shape index (κ3) is 4.87. The SMILES string of the molecule is Cc1nn(-c2ccc(F)cc2)c2nc(Cc3ccccc3)nc(N3CCCN(C(=O)C4CCCC4)CC3)c12. The summed E-state index contributed by atoms with van der Waals surface area (Å²) < 4.78 is 15.5. The first kappa shape index (κ1) is 24.5. The predicted molar refractivity (Wildman–Crippen MR) is 146 cm³/mol. The van der Waals surface area contributed by atoms with Crippen molar-refractivity contribution in [1.82, 2.24) is 24.6 Å². The monoisotopic (exact) mass is 512 g/mol. The molecule has 38 heavy (non-hydrogen) atoms. The molecule has 8 heteroatoms. The molecule has 1 aliphatic heterocycles. The molecule has 0 spiro atoms. The summed E-state index contributed by atoms with van der Waals surface area (Å²) in [5.41, 5.74) is 3.43. The maximum absolute atomic E-state index is 13.7. The summed E-state index contributed by atoms with van der Waals surface area (Å²) in [6.07, 6.45) is 5.86. The smallest absolute Gasteiger partial charge is 0.225 e. The number of aryl methyl sites for hydroxylation is 1. The van der Waals surface area contributed by atoms with Gasteiger partial charge < -0.3 is 9.80 Å². The van der Waals surface area contributed by atoms with Gasteiger partial charge in [-0.15, -0.1) is 0 Å². The Morgan fingerprint density at radius 3 is 2.45 bits per heavy atom. The van der Waals surface area contributed by atoms with Crippen LogP contribution in [-0.2, 0) is 11.2 Å². The molecule has 2 fully saturated rings. The fourth-order valence-corrected chi connectivity index (χ4v) is 5.83. The maximum atomic E-state index is 13.7. The summed E-state index contributed by atoms with van der Waals surface area (Å²) in [4.78, 5) is 27.6. The number of carbonyl (C=O) groups is 1. The average Bonchev–Trinajstić information content (AvgIpc) is 3.51. The highest BCUT2D eigenvalue weighted by Gasteiger charge is 2.30. The van der Waals surface area contributed by atoms with Gasteiger partial charge in [-0.25, -0.2) is 19.0 Å². The Morgan fingerprint density at radius 2 is 1.68 bits per heavy atom. The second-order valence-corrected chi connectivity index (χ2v) is 10.4. The first-order valence-corrected chi connectivity index (χ1v) is 13.7. The van der Waals surface area contributed by atoms with Crippen molar-refractivity contribution in [3.05, 3.63) is 77.5 Å². The first-order valence-electron chi connectivity index (χ1n) is 13.7. The number of benzene rings is 2. The molecule has 0 atom stereocenters. The van der Waals surface area contributed by atoms with Crippen molar-refractivity contribution in [3.8, 4) is 5.69 Å². The van der Waals surface area contributed by atoms with Crippen LogP contribution in [0.5, 0.6) is 0 Å². The predicted octanol–water partition coefficient (Wildman–Crippen LogP) is 5.08. The van der Waals surface area contributed by atoms with E-state index in [9.17, 15) is 9.18 Å². The Labute approximate surface area is 222 Å². The molecule has 0 bridgehead atoms. The number of amides is 1. The molecule has 0 N–H and O–H groups in total.